The van der Waals surface area contributed by atoms with Crippen LogP contribution in [0.3, 0.4) is 0 Å². The van der Waals surface area contributed by atoms with Gasteiger partial charge in [0.15, 0.2) is 8.32 Å². The molecule has 124 valence electrons. The van der Waals surface area contributed by atoms with Gasteiger partial charge in [-0.1, -0.05) is 20.8 Å². The van der Waals surface area contributed by atoms with Gasteiger partial charge in [-0.05, 0) is 42.8 Å². The predicted molar refractivity (Wildman–Crippen MR) is 90.4 cm³/mol. The minimum absolute atomic E-state index is 0.0837. The lowest BCUT2D eigenvalue weighted by Crippen LogP contribution is -2.44. The lowest BCUT2D eigenvalue weighted by Gasteiger charge is -2.38. The highest BCUT2D eigenvalue weighted by Gasteiger charge is 2.41. The van der Waals surface area contributed by atoms with E-state index in [2.05, 4.69) is 39.2 Å². The van der Waals surface area contributed by atoms with Crippen LogP contribution in [0, 0.1) is 5.82 Å². The first kappa shape index (κ1) is 17.4. The summed E-state index contributed by atoms with van der Waals surface area (Å²) in [5.41, 5.74) is 0.879. The summed E-state index contributed by atoms with van der Waals surface area (Å²) in [6, 6.07) is 4.76. The summed E-state index contributed by atoms with van der Waals surface area (Å²) >= 11 is 0. The Hall–Kier alpha value is -0.913. The second kappa shape index (κ2) is 6.30. The fourth-order valence-electron chi connectivity index (χ4n) is 2.60. The molecule has 1 fully saturated rings. The van der Waals surface area contributed by atoms with Gasteiger partial charge >= 0.3 is 0 Å². The van der Waals surface area contributed by atoms with Crippen molar-refractivity contribution < 1.29 is 13.6 Å². The molecule has 22 heavy (non-hydrogen) atoms. The number of halogens is 1. The molecule has 0 amide bonds. The van der Waals surface area contributed by atoms with Crippen molar-refractivity contribution in [2.45, 2.75) is 57.5 Å². The molecule has 0 radical (unpaired) electrons. The Balaban J connectivity index is 2.09. The number of ether oxygens (including phenoxy) is 1. The predicted octanol–water partition coefficient (Wildman–Crippen LogP) is 4.26. The molecule has 1 aliphatic rings. The van der Waals surface area contributed by atoms with Crippen LogP contribution in [0.5, 0.6) is 5.75 Å². The van der Waals surface area contributed by atoms with Gasteiger partial charge in [-0.2, -0.15) is 0 Å². The Morgan fingerprint density at radius 2 is 1.95 bits per heavy atom. The molecule has 1 aliphatic heterocycles. The van der Waals surface area contributed by atoms with E-state index >= 15 is 0 Å². The Labute approximate surface area is 134 Å². The zero-order valence-corrected chi connectivity index (χ0v) is 15.5. The molecule has 1 aromatic carbocycles. The molecule has 5 heteroatoms. The average molecular weight is 326 g/mol. The zero-order chi connectivity index (χ0) is 16.5. The first-order valence-electron chi connectivity index (χ1n) is 7.88. The molecule has 0 spiro atoms. The van der Waals surface area contributed by atoms with Gasteiger partial charge in [-0.25, -0.2) is 4.39 Å². The van der Waals surface area contributed by atoms with Gasteiger partial charge < -0.3 is 14.5 Å². The normalized spacial score (nSPS) is 22.9. The highest BCUT2D eigenvalue weighted by Crippen LogP contribution is 2.40. The summed E-state index contributed by atoms with van der Waals surface area (Å²) < 4.78 is 25.4. The standard InChI is InChI=1S/C17H28FNO2Si/c1-17(2,3)22(5,6)21-13-10-15(19-11-13)14-9-12(18)7-8-16(14)20-4/h7-9,13,15,19H,10-11H2,1-6H3/t13?,15-/m1/s1. The van der Waals surface area contributed by atoms with Gasteiger partial charge in [0.05, 0.1) is 13.2 Å². The molecule has 2 rings (SSSR count). The molecular weight excluding hydrogens is 297 g/mol. The summed E-state index contributed by atoms with van der Waals surface area (Å²) in [7, 11) is -0.158. The maximum atomic E-state index is 13.6. The van der Waals surface area contributed by atoms with Crippen LogP contribution in [0.1, 0.15) is 38.8 Å². The molecule has 3 nitrogen and oxygen atoms in total. The van der Waals surface area contributed by atoms with E-state index in [1.54, 1.807) is 19.2 Å². The van der Waals surface area contributed by atoms with Crippen LogP contribution < -0.4 is 10.1 Å². The summed E-state index contributed by atoms with van der Waals surface area (Å²) in [5, 5.41) is 3.65. The van der Waals surface area contributed by atoms with Gasteiger partial charge in [0, 0.05) is 18.2 Å². The van der Waals surface area contributed by atoms with Gasteiger partial charge in [0.25, 0.3) is 0 Å². The summed E-state index contributed by atoms with van der Waals surface area (Å²) in [4.78, 5) is 0. The molecular formula is C17H28FNO2Si. The number of nitrogens with one attached hydrogen (secondary N) is 1. The van der Waals surface area contributed by atoms with E-state index in [0.717, 1.165) is 24.3 Å². The van der Waals surface area contributed by atoms with Crippen molar-refractivity contribution in [2.75, 3.05) is 13.7 Å². The van der Waals surface area contributed by atoms with Crippen LogP contribution in [0.15, 0.2) is 18.2 Å². The third-order valence-corrected chi connectivity index (χ3v) is 9.46. The van der Waals surface area contributed by atoms with E-state index in [1.165, 1.54) is 6.07 Å². The van der Waals surface area contributed by atoms with Crippen molar-refractivity contribution in [1.29, 1.82) is 0 Å². The molecule has 1 aromatic rings. The van der Waals surface area contributed by atoms with Crippen LogP contribution in [0.2, 0.25) is 18.1 Å². The average Bonchev–Trinajstić information content (AvgIpc) is 2.85. The molecule has 1 saturated heterocycles. The van der Waals surface area contributed by atoms with Crippen molar-refractivity contribution in [2.24, 2.45) is 0 Å². The fraction of sp³-hybridized carbons (Fsp3) is 0.647. The largest absolute Gasteiger partial charge is 0.496 e. The minimum atomic E-state index is -1.78. The Kier molecular flexibility index (Phi) is 4.99. The number of rotatable bonds is 4. The monoisotopic (exact) mass is 325 g/mol. The number of hydrogen-bond donors (Lipinski definition) is 1. The second-order valence-electron chi connectivity index (χ2n) is 7.58. The first-order chi connectivity index (χ1) is 10.1. The molecule has 0 saturated carbocycles. The van der Waals surface area contributed by atoms with Crippen molar-refractivity contribution in [3.05, 3.63) is 29.6 Å². The van der Waals surface area contributed by atoms with Crippen molar-refractivity contribution >= 4 is 8.32 Å². The molecule has 1 N–H and O–H groups in total. The molecule has 0 bridgehead atoms. The third kappa shape index (κ3) is 3.70. The maximum Gasteiger partial charge on any atom is 0.192 e. The fourth-order valence-corrected chi connectivity index (χ4v) is 3.97. The lowest BCUT2D eigenvalue weighted by molar-refractivity contribution is 0.197. The smallest absolute Gasteiger partial charge is 0.192 e. The van der Waals surface area contributed by atoms with E-state index in [4.69, 9.17) is 9.16 Å². The van der Waals surface area contributed by atoms with Crippen molar-refractivity contribution in [3.63, 3.8) is 0 Å². The molecule has 1 heterocycles. The first-order valence-corrected chi connectivity index (χ1v) is 10.8. The summed E-state index contributed by atoms with van der Waals surface area (Å²) in [5.74, 6) is 0.498. The highest BCUT2D eigenvalue weighted by molar-refractivity contribution is 6.74. The molecule has 1 unspecified atom stereocenters. The van der Waals surface area contributed by atoms with Crippen LogP contribution in [-0.4, -0.2) is 28.1 Å². The van der Waals surface area contributed by atoms with E-state index in [1.807, 2.05) is 0 Å². The van der Waals surface area contributed by atoms with E-state index < -0.39 is 8.32 Å². The summed E-state index contributed by atoms with van der Waals surface area (Å²) in [6.45, 7) is 12.1. The Bertz CT molecular complexity index is 528. The quantitative estimate of drug-likeness (QED) is 0.839. The molecule has 2 atom stereocenters. The van der Waals surface area contributed by atoms with Crippen LogP contribution in [0.25, 0.3) is 0 Å². The molecule has 0 aromatic heterocycles. The highest BCUT2D eigenvalue weighted by atomic mass is 28.4. The maximum absolute atomic E-state index is 13.6. The third-order valence-electron chi connectivity index (χ3n) is 4.93. The van der Waals surface area contributed by atoms with E-state index in [0.29, 0.717) is 0 Å². The van der Waals surface area contributed by atoms with Gasteiger partial charge in [-0.3, -0.25) is 0 Å². The van der Waals surface area contributed by atoms with Crippen LogP contribution in [0.4, 0.5) is 4.39 Å². The minimum Gasteiger partial charge on any atom is -0.496 e. The zero-order valence-electron chi connectivity index (χ0n) is 14.5. The van der Waals surface area contributed by atoms with E-state index in [9.17, 15) is 4.39 Å². The number of benzene rings is 1. The SMILES string of the molecule is COc1ccc(F)cc1[C@H]1CC(O[Si](C)(C)C(C)(C)C)CN1. The Morgan fingerprint density at radius 1 is 1.27 bits per heavy atom. The number of hydrogen-bond acceptors (Lipinski definition) is 3. The number of methoxy groups -OCH3 is 1. The van der Waals surface area contributed by atoms with Crippen LogP contribution in [-0.2, 0) is 4.43 Å². The second-order valence-corrected chi connectivity index (χ2v) is 12.3. The van der Waals surface area contributed by atoms with Gasteiger partial charge in [0.1, 0.15) is 11.6 Å². The van der Waals surface area contributed by atoms with Crippen molar-refractivity contribution in [1.82, 2.24) is 5.32 Å². The Morgan fingerprint density at radius 3 is 2.55 bits per heavy atom. The van der Waals surface area contributed by atoms with E-state index in [-0.39, 0.29) is 23.0 Å². The topological polar surface area (TPSA) is 30.5 Å². The lowest BCUT2D eigenvalue weighted by atomic mass is 10.0. The van der Waals surface area contributed by atoms with Gasteiger partial charge in [-0.15, -0.1) is 0 Å². The van der Waals surface area contributed by atoms with Crippen LogP contribution >= 0.6 is 0 Å². The summed E-state index contributed by atoms with van der Waals surface area (Å²) in [6.07, 6.45) is 1.03. The van der Waals surface area contributed by atoms with Gasteiger partial charge in [0.2, 0.25) is 0 Å². The molecule has 0 aliphatic carbocycles. The van der Waals surface area contributed by atoms with Crippen molar-refractivity contribution in [3.8, 4) is 5.75 Å².